The molecule has 1 heterocycles. The second-order valence-corrected chi connectivity index (χ2v) is 9.19. The summed E-state index contributed by atoms with van der Waals surface area (Å²) >= 11 is 1.94. The molecule has 0 saturated carbocycles. The summed E-state index contributed by atoms with van der Waals surface area (Å²) in [5, 5.41) is 0. The van der Waals surface area contributed by atoms with Crippen LogP contribution in [-0.2, 0) is 47.6 Å². The largest absolute Gasteiger partial charge is 0.463 e. The van der Waals surface area contributed by atoms with Crippen LogP contribution in [0.15, 0.2) is 0 Å². The van der Waals surface area contributed by atoms with Crippen molar-refractivity contribution in [3.8, 4) is 0 Å². The van der Waals surface area contributed by atoms with E-state index in [4.69, 9.17) is 28.4 Å². The zero-order valence-electron chi connectivity index (χ0n) is 20.7. The summed E-state index contributed by atoms with van der Waals surface area (Å²) in [6, 6.07) is 0. The van der Waals surface area contributed by atoms with Crippen LogP contribution in [0.2, 0.25) is 0 Å². The topological polar surface area (TPSA) is 124 Å². The lowest BCUT2D eigenvalue weighted by molar-refractivity contribution is -0.308. The van der Waals surface area contributed by atoms with E-state index in [1.165, 1.54) is 40.5 Å². The molecule has 0 unspecified atom stereocenters. The molecule has 1 saturated heterocycles. The highest BCUT2D eigenvalue weighted by Gasteiger charge is 2.52. The lowest BCUT2D eigenvalue weighted by atomic mass is 9.98. The van der Waals surface area contributed by atoms with E-state index >= 15 is 0 Å². The third-order valence-corrected chi connectivity index (χ3v) is 5.96. The monoisotopic (exact) mass is 506 g/mol. The molecule has 0 radical (unpaired) electrons. The van der Waals surface area contributed by atoms with Crippen LogP contribution in [0.4, 0.5) is 0 Å². The molecule has 0 aromatic carbocycles. The Labute approximate surface area is 205 Å². The van der Waals surface area contributed by atoms with Crippen LogP contribution >= 0.6 is 11.8 Å². The predicted molar refractivity (Wildman–Crippen MR) is 124 cm³/mol. The first-order chi connectivity index (χ1) is 16.1. The summed E-state index contributed by atoms with van der Waals surface area (Å²) in [4.78, 5) is 46.7. The lowest BCUT2D eigenvalue weighted by Crippen LogP contribution is -2.63. The fourth-order valence-electron chi connectivity index (χ4n) is 3.35. The van der Waals surface area contributed by atoms with Crippen molar-refractivity contribution in [2.45, 2.75) is 97.4 Å². The minimum absolute atomic E-state index is 0.271. The zero-order valence-corrected chi connectivity index (χ0v) is 21.6. The molecule has 10 nitrogen and oxygen atoms in total. The Hall–Kier alpha value is -1.85. The summed E-state index contributed by atoms with van der Waals surface area (Å²) in [6.07, 6.45) is -0.507. The molecule has 0 aromatic heterocycles. The minimum atomic E-state index is -1.21. The van der Waals surface area contributed by atoms with Crippen molar-refractivity contribution in [1.82, 2.24) is 0 Å². The molecule has 0 aliphatic carbocycles. The van der Waals surface area contributed by atoms with Crippen LogP contribution in [0.1, 0.15) is 66.7 Å². The number of ether oxygens (including phenoxy) is 6. The Morgan fingerprint density at radius 3 is 1.91 bits per heavy atom. The second-order valence-electron chi connectivity index (χ2n) is 7.97. The van der Waals surface area contributed by atoms with E-state index in [1.807, 2.05) is 11.8 Å². The van der Waals surface area contributed by atoms with Crippen LogP contribution in [0.5, 0.6) is 0 Å². The van der Waals surface area contributed by atoms with Crippen molar-refractivity contribution in [2.75, 3.05) is 24.7 Å². The number of esters is 4. The van der Waals surface area contributed by atoms with Gasteiger partial charge in [0, 0.05) is 34.3 Å². The highest BCUT2D eigenvalue weighted by molar-refractivity contribution is 7.99. The Morgan fingerprint density at radius 2 is 1.32 bits per heavy atom. The van der Waals surface area contributed by atoms with Crippen LogP contribution in [0.3, 0.4) is 0 Å². The smallest absolute Gasteiger partial charge is 0.303 e. The zero-order chi connectivity index (χ0) is 25.5. The number of unbranched alkanes of at least 4 members (excludes halogenated alkanes) is 3. The van der Waals surface area contributed by atoms with E-state index in [-0.39, 0.29) is 6.61 Å². The van der Waals surface area contributed by atoms with Gasteiger partial charge in [0.2, 0.25) is 0 Å². The molecule has 5 atom stereocenters. The maximum atomic E-state index is 11.8. The van der Waals surface area contributed by atoms with Gasteiger partial charge in [0.25, 0.3) is 0 Å². The van der Waals surface area contributed by atoms with Crippen LogP contribution < -0.4 is 0 Å². The van der Waals surface area contributed by atoms with Gasteiger partial charge in [-0.15, -0.1) is 0 Å². The van der Waals surface area contributed by atoms with Gasteiger partial charge in [-0.05, 0) is 30.8 Å². The fourth-order valence-corrected chi connectivity index (χ4v) is 4.46. The minimum Gasteiger partial charge on any atom is -0.463 e. The molecule has 1 fully saturated rings. The van der Waals surface area contributed by atoms with E-state index in [0.29, 0.717) is 6.61 Å². The van der Waals surface area contributed by atoms with Crippen molar-refractivity contribution in [3.05, 3.63) is 0 Å². The van der Waals surface area contributed by atoms with Crippen molar-refractivity contribution in [2.24, 2.45) is 0 Å². The lowest BCUT2D eigenvalue weighted by Gasteiger charge is -2.44. The number of hydrogen-bond acceptors (Lipinski definition) is 11. The Morgan fingerprint density at radius 1 is 0.735 bits per heavy atom. The van der Waals surface area contributed by atoms with Gasteiger partial charge >= 0.3 is 23.9 Å². The number of carbonyl (C=O) groups is 4. The average molecular weight is 507 g/mol. The number of rotatable bonds is 15. The molecule has 0 bridgehead atoms. The molecule has 11 heteroatoms. The third-order valence-electron chi connectivity index (χ3n) is 4.81. The average Bonchev–Trinajstić information content (AvgIpc) is 2.74. The molecule has 1 aliphatic heterocycles. The molecule has 0 N–H and O–H groups in total. The van der Waals surface area contributed by atoms with Crippen molar-refractivity contribution >= 4 is 35.6 Å². The number of thioether (sulfide) groups is 1. The van der Waals surface area contributed by atoms with Crippen LogP contribution in [0, 0.1) is 0 Å². The van der Waals surface area contributed by atoms with E-state index in [2.05, 4.69) is 6.92 Å². The van der Waals surface area contributed by atoms with Gasteiger partial charge in [-0.2, -0.15) is 11.8 Å². The molecular formula is C23H38O10S. The van der Waals surface area contributed by atoms with Crippen molar-refractivity contribution < 1.29 is 47.6 Å². The molecular weight excluding hydrogens is 468 g/mol. The van der Waals surface area contributed by atoms with Gasteiger partial charge < -0.3 is 28.4 Å². The van der Waals surface area contributed by atoms with E-state index in [1.54, 1.807) is 0 Å². The SMILES string of the molecule is CCCCSCCCCCO[C@@H]1O[C@H](COC(C)=O)[C@@H](OC(C)=O)[C@H](OC(C)=O)[C@H]1OC(C)=O. The molecule has 0 aromatic rings. The van der Waals surface area contributed by atoms with Crippen LogP contribution in [-0.4, -0.2) is 79.3 Å². The van der Waals surface area contributed by atoms with Gasteiger partial charge in [-0.3, -0.25) is 19.2 Å². The molecule has 0 amide bonds. The highest BCUT2D eigenvalue weighted by atomic mass is 32.2. The first-order valence-electron chi connectivity index (χ1n) is 11.7. The first-order valence-corrected chi connectivity index (χ1v) is 12.8. The van der Waals surface area contributed by atoms with E-state index in [9.17, 15) is 19.2 Å². The van der Waals surface area contributed by atoms with Gasteiger partial charge in [-0.25, -0.2) is 0 Å². The first kappa shape index (κ1) is 30.2. The summed E-state index contributed by atoms with van der Waals surface area (Å²) < 4.78 is 32.9. The standard InChI is InChI=1S/C23H38O10S/c1-6-7-12-34-13-10-8-9-11-28-23-22(32-18(5)27)21(31-17(4)26)20(30-16(3)25)19(33-23)14-29-15(2)24/h19-23H,6-14H2,1-5H3/t19-,20-,21+,22-,23-/m1/s1. The van der Waals surface area contributed by atoms with Gasteiger partial charge in [0.05, 0.1) is 0 Å². The Kier molecular flexibility index (Phi) is 14.8. The Bertz CT molecular complexity index is 656. The summed E-state index contributed by atoms with van der Waals surface area (Å²) in [5.41, 5.74) is 0. The predicted octanol–water partition coefficient (Wildman–Crippen LogP) is 2.79. The molecule has 0 spiro atoms. The maximum absolute atomic E-state index is 11.8. The van der Waals surface area contributed by atoms with Crippen molar-refractivity contribution in [1.29, 1.82) is 0 Å². The summed E-state index contributed by atoms with van der Waals surface area (Å²) in [6.45, 7) is 7.00. The summed E-state index contributed by atoms with van der Waals surface area (Å²) in [7, 11) is 0. The number of carbonyl (C=O) groups excluding carboxylic acids is 4. The highest BCUT2D eigenvalue weighted by Crippen LogP contribution is 2.30. The van der Waals surface area contributed by atoms with E-state index < -0.39 is 54.6 Å². The maximum Gasteiger partial charge on any atom is 0.303 e. The number of hydrogen-bond donors (Lipinski definition) is 0. The summed E-state index contributed by atoms with van der Waals surface area (Å²) in [5.74, 6) is -0.311. The molecule has 196 valence electrons. The third kappa shape index (κ3) is 12.0. The van der Waals surface area contributed by atoms with Gasteiger partial charge in [0.1, 0.15) is 12.7 Å². The van der Waals surface area contributed by atoms with Crippen molar-refractivity contribution in [3.63, 3.8) is 0 Å². The molecule has 34 heavy (non-hydrogen) atoms. The second kappa shape index (κ2) is 16.7. The molecule has 1 aliphatic rings. The van der Waals surface area contributed by atoms with E-state index in [0.717, 1.165) is 30.8 Å². The fraction of sp³-hybridized carbons (Fsp3) is 0.826. The van der Waals surface area contributed by atoms with Gasteiger partial charge in [-0.1, -0.05) is 19.8 Å². The molecule has 1 rings (SSSR count). The quantitative estimate of drug-likeness (QED) is 0.185. The van der Waals surface area contributed by atoms with Crippen LogP contribution in [0.25, 0.3) is 0 Å². The Balaban J connectivity index is 2.89. The normalized spacial score (nSPS) is 24.2. The van der Waals surface area contributed by atoms with Gasteiger partial charge in [0.15, 0.2) is 24.6 Å².